The van der Waals surface area contributed by atoms with Crippen LogP contribution in [0.3, 0.4) is 0 Å². The first-order valence-corrected chi connectivity index (χ1v) is 7.56. The molecule has 3 nitrogen and oxygen atoms in total. The van der Waals surface area contributed by atoms with E-state index in [4.69, 9.17) is 0 Å². The van der Waals surface area contributed by atoms with Gasteiger partial charge in [0.1, 0.15) is 0 Å². The van der Waals surface area contributed by atoms with Crippen molar-refractivity contribution in [2.24, 2.45) is 23.7 Å². The number of hydrogen-bond acceptors (Lipinski definition) is 2. The maximum atomic E-state index is 11.9. The molecule has 2 bridgehead atoms. The van der Waals surface area contributed by atoms with E-state index in [0.29, 0.717) is 12.6 Å². The summed E-state index contributed by atoms with van der Waals surface area (Å²) in [6.07, 6.45) is 5.33. The molecular formula is C15H26N2O. The summed E-state index contributed by atoms with van der Waals surface area (Å²) in [7, 11) is 0. The van der Waals surface area contributed by atoms with Gasteiger partial charge in [0, 0.05) is 11.6 Å². The highest BCUT2D eigenvalue weighted by Crippen LogP contribution is 2.65. The van der Waals surface area contributed by atoms with Crippen molar-refractivity contribution in [1.82, 2.24) is 10.6 Å². The molecule has 0 aromatic carbocycles. The maximum Gasteiger partial charge on any atom is 0.234 e. The zero-order chi connectivity index (χ0) is 12.9. The highest BCUT2D eigenvalue weighted by molar-refractivity contribution is 5.78. The highest BCUT2D eigenvalue weighted by Gasteiger charge is 2.64. The molecule has 102 valence electrons. The molecule has 0 aliphatic heterocycles. The number of amides is 1. The topological polar surface area (TPSA) is 41.1 Å². The van der Waals surface area contributed by atoms with Crippen LogP contribution < -0.4 is 10.6 Å². The summed E-state index contributed by atoms with van der Waals surface area (Å²) in [6.45, 7) is 6.77. The van der Waals surface area contributed by atoms with Crippen LogP contribution in [0.2, 0.25) is 0 Å². The van der Waals surface area contributed by atoms with E-state index in [1.54, 1.807) is 0 Å². The summed E-state index contributed by atoms with van der Waals surface area (Å²) in [5.74, 6) is 3.94. The van der Waals surface area contributed by atoms with Crippen LogP contribution in [0.5, 0.6) is 0 Å². The van der Waals surface area contributed by atoms with Crippen molar-refractivity contribution in [3.63, 3.8) is 0 Å². The first-order chi connectivity index (χ1) is 8.52. The van der Waals surface area contributed by atoms with Crippen LogP contribution in [0.15, 0.2) is 0 Å². The molecule has 4 unspecified atom stereocenters. The lowest BCUT2D eigenvalue weighted by molar-refractivity contribution is -0.121. The van der Waals surface area contributed by atoms with Crippen LogP contribution in [0.1, 0.15) is 46.5 Å². The van der Waals surface area contributed by atoms with E-state index in [-0.39, 0.29) is 11.4 Å². The second-order valence-corrected chi connectivity index (χ2v) is 7.18. The average Bonchev–Trinajstić information content (AvgIpc) is 2.70. The van der Waals surface area contributed by atoms with Crippen LogP contribution in [0, 0.1) is 23.7 Å². The molecule has 3 aliphatic carbocycles. The average molecular weight is 250 g/mol. The van der Waals surface area contributed by atoms with Gasteiger partial charge < -0.3 is 10.6 Å². The molecule has 2 N–H and O–H groups in total. The Morgan fingerprint density at radius 1 is 1.22 bits per heavy atom. The summed E-state index contributed by atoms with van der Waals surface area (Å²) >= 11 is 0. The quantitative estimate of drug-likeness (QED) is 0.783. The van der Waals surface area contributed by atoms with Gasteiger partial charge in [-0.1, -0.05) is 6.92 Å². The van der Waals surface area contributed by atoms with Gasteiger partial charge in [-0.3, -0.25) is 4.79 Å². The second-order valence-electron chi connectivity index (χ2n) is 7.18. The Labute approximate surface area is 110 Å². The van der Waals surface area contributed by atoms with Gasteiger partial charge in [0.25, 0.3) is 0 Å². The fraction of sp³-hybridized carbons (Fsp3) is 0.933. The van der Waals surface area contributed by atoms with Crippen molar-refractivity contribution in [2.45, 2.75) is 58.0 Å². The van der Waals surface area contributed by atoms with Gasteiger partial charge in [0.2, 0.25) is 5.91 Å². The number of nitrogens with one attached hydrogen (secondary N) is 2. The molecule has 0 aromatic rings. The normalized spacial score (nSPS) is 40.7. The van der Waals surface area contributed by atoms with E-state index in [9.17, 15) is 4.79 Å². The zero-order valence-electron chi connectivity index (χ0n) is 11.8. The zero-order valence-corrected chi connectivity index (χ0v) is 11.8. The van der Waals surface area contributed by atoms with E-state index in [1.165, 1.54) is 19.3 Å². The molecule has 4 atom stereocenters. The summed E-state index contributed by atoms with van der Waals surface area (Å²) in [5.41, 5.74) is -0.0722. The van der Waals surface area contributed by atoms with Gasteiger partial charge >= 0.3 is 0 Å². The molecule has 0 radical (unpaired) electrons. The first kappa shape index (κ1) is 12.5. The van der Waals surface area contributed by atoms with Crippen LogP contribution in [0.4, 0.5) is 0 Å². The Bertz CT molecular complexity index is 336. The number of fused-ring (bicyclic) bond motifs is 5. The Morgan fingerprint density at radius 2 is 1.83 bits per heavy atom. The van der Waals surface area contributed by atoms with Gasteiger partial charge in [-0.25, -0.2) is 0 Å². The molecule has 0 saturated heterocycles. The van der Waals surface area contributed by atoms with Crippen LogP contribution in [-0.2, 0) is 4.79 Å². The molecule has 3 fully saturated rings. The van der Waals surface area contributed by atoms with Gasteiger partial charge in [0.05, 0.1) is 6.54 Å². The van der Waals surface area contributed by atoms with Crippen LogP contribution >= 0.6 is 0 Å². The largest absolute Gasteiger partial charge is 0.350 e. The minimum absolute atomic E-state index is 0.0722. The minimum atomic E-state index is -0.0722. The summed E-state index contributed by atoms with van der Waals surface area (Å²) < 4.78 is 0. The van der Waals surface area contributed by atoms with Crippen molar-refractivity contribution >= 4 is 5.91 Å². The summed E-state index contributed by atoms with van der Waals surface area (Å²) in [4.78, 5) is 11.9. The Balaban J connectivity index is 1.42. The maximum absolute atomic E-state index is 11.9. The molecule has 3 rings (SSSR count). The molecule has 1 amide bonds. The van der Waals surface area contributed by atoms with E-state index in [0.717, 1.165) is 30.1 Å². The SMILES string of the molecule is CCC(C)(C)NC(=O)CNC1C2C3CCC(C3)C12. The van der Waals surface area contributed by atoms with E-state index >= 15 is 0 Å². The molecule has 18 heavy (non-hydrogen) atoms. The summed E-state index contributed by atoms with van der Waals surface area (Å²) in [5, 5.41) is 6.59. The predicted octanol–water partition coefficient (Wildman–Crippen LogP) is 1.93. The monoisotopic (exact) mass is 250 g/mol. The Morgan fingerprint density at radius 3 is 2.39 bits per heavy atom. The Hall–Kier alpha value is -0.570. The fourth-order valence-electron chi connectivity index (χ4n) is 4.32. The number of rotatable bonds is 5. The van der Waals surface area contributed by atoms with Gasteiger partial charge in [-0.15, -0.1) is 0 Å². The third-order valence-corrected chi connectivity index (χ3v) is 5.60. The molecule has 3 heteroatoms. The van der Waals surface area contributed by atoms with Gasteiger partial charge in [0.15, 0.2) is 0 Å². The standard InChI is InChI=1S/C15H26N2O/c1-4-15(2,3)17-11(18)8-16-14-12-9-5-6-10(7-9)13(12)14/h9-10,12-14,16H,4-8H2,1-3H3,(H,17,18). The first-order valence-electron chi connectivity index (χ1n) is 7.56. The number of carbonyl (C=O) groups excluding carboxylic acids is 1. The van der Waals surface area contributed by atoms with Crippen molar-refractivity contribution in [3.8, 4) is 0 Å². The third-order valence-electron chi connectivity index (χ3n) is 5.60. The second kappa shape index (κ2) is 4.22. The molecule has 3 aliphatic rings. The number of hydrogen-bond donors (Lipinski definition) is 2. The van der Waals surface area contributed by atoms with Crippen molar-refractivity contribution in [3.05, 3.63) is 0 Å². The van der Waals surface area contributed by atoms with Crippen molar-refractivity contribution in [2.75, 3.05) is 6.54 Å². The smallest absolute Gasteiger partial charge is 0.234 e. The van der Waals surface area contributed by atoms with E-state index in [2.05, 4.69) is 31.4 Å². The molecule has 0 spiro atoms. The van der Waals surface area contributed by atoms with E-state index in [1.807, 2.05) is 0 Å². The van der Waals surface area contributed by atoms with Crippen molar-refractivity contribution in [1.29, 1.82) is 0 Å². The number of carbonyl (C=O) groups is 1. The van der Waals surface area contributed by atoms with Crippen LogP contribution in [0.25, 0.3) is 0 Å². The minimum Gasteiger partial charge on any atom is -0.350 e. The van der Waals surface area contributed by atoms with Crippen LogP contribution in [-0.4, -0.2) is 24.0 Å². The third kappa shape index (κ3) is 2.07. The van der Waals surface area contributed by atoms with Gasteiger partial charge in [-0.05, 0) is 63.2 Å². The lowest BCUT2D eigenvalue weighted by Crippen LogP contribution is -2.47. The highest BCUT2D eigenvalue weighted by atomic mass is 16.2. The fourth-order valence-corrected chi connectivity index (χ4v) is 4.32. The lowest BCUT2D eigenvalue weighted by atomic mass is 10.0. The predicted molar refractivity (Wildman–Crippen MR) is 72.1 cm³/mol. The summed E-state index contributed by atoms with van der Waals surface area (Å²) in [6, 6.07) is 0.659. The lowest BCUT2D eigenvalue weighted by Gasteiger charge is -2.24. The molecule has 3 saturated carbocycles. The van der Waals surface area contributed by atoms with Gasteiger partial charge in [-0.2, -0.15) is 0 Å². The molecular weight excluding hydrogens is 224 g/mol. The molecule has 0 heterocycles. The van der Waals surface area contributed by atoms with Crippen molar-refractivity contribution < 1.29 is 4.79 Å². The van der Waals surface area contributed by atoms with E-state index < -0.39 is 0 Å². The molecule has 0 aromatic heterocycles. The Kier molecular flexibility index (Phi) is 2.92.